The fraction of sp³-hybridized carbons (Fsp3) is 0.735. The number of rotatable bonds is 10. The summed E-state index contributed by atoms with van der Waals surface area (Å²) in [6.45, 7) is 10.3. The molecule has 20 atom stereocenters. The Morgan fingerprint density at radius 3 is 1.71 bits per heavy atom. The van der Waals surface area contributed by atoms with Gasteiger partial charge in [0, 0.05) is 56.1 Å². The van der Waals surface area contributed by atoms with Gasteiger partial charge in [-0.15, -0.1) is 0 Å². The zero-order chi connectivity index (χ0) is 48.6. The first-order chi connectivity index (χ1) is 32.2. The van der Waals surface area contributed by atoms with Gasteiger partial charge in [0.1, 0.15) is 23.6 Å². The molecule has 0 radical (unpaired) electrons. The van der Waals surface area contributed by atoms with Gasteiger partial charge in [0.2, 0.25) is 0 Å². The fourth-order valence-corrected chi connectivity index (χ4v) is 11.3. The maximum atomic E-state index is 14.4. The minimum Gasteiger partial charge on any atom is -0.507 e. The quantitative estimate of drug-likeness (QED) is 0.197. The number of fused-ring (bicyclic) bond motifs is 3. The number of aromatic hydroxyl groups is 1. The second-order valence-corrected chi connectivity index (χ2v) is 20.3. The van der Waals surface area contributed by atoms with Crippen LogP contribution in [-0.2, 0) is 52.2 Å². The second-order valence-electron chi connectivity index (χ2n) is 20.3. The smallest absolute Gasteiger partial charge is 0.198 e. The molecule has 1 aromatic rings. The summed E-state index contributed by atoms with van der Waals surface area (Å²) in [5.74, 6) is -2.70. The van der Waals surface area contributed by atoms with Crippen molar-refractivity contribution in [2.75, 3.05) is 0 Å². The molecule has 68 heavy (non-hydrogen) atoms. The molecule has 0 aromatic heterocycles. The number of carbonyl (C=O) groups excluding carboxylic acids is 3. The molecule has 3 aliphatic carbocycles. The van der Waals surface area contributed by atoms with Gasteiger partial charge in [-0.1, -0.05) is 18.2 Å². The number of ether oxygens (including phenoxy) is 10. The lowest BCUT2D eigenvalue weighted by atomic mass is 9.57. The molecule has 5 saturated heterocycles. The minimum absolute atomic E-state index is 0.127. The van der Waals surface area contributed by atoms with Crippen LogP contribution in [0.15, 0.2) is 41.5 Å². The Kier molecular flexibility index (Phi) is 14.0. The fourth-order valence-electron chi connectivity index (χ4n) is 11.3. The van der Waals surface area contributed by atoms with Crippen LogP contribution in [0.25, 0.3) is 0 Å². The largest absolute Gasteiger partial charge is 0.507 e. The topological polar surface area (TPSA) is 265 Å². The summed E-state index contributed by atoms with van der Waals surface area (Å²) in [5.41, 5.74) is -7.29. The van der Waals surface area contributed by atoms with Gasteiger partial charge in [-0.05, 0) is 72.9 Å². The van der Waals surface area contributed by atoms with Crippen LogP contribution in [0.4, 0.5) is 0 Å². The van der Waals surface area contributed by atoms with E-state index in [0.717, 1.165) is 0 Å². The van der Waals surface area contributed by atoms with Gasteiger partial charge in [0.15, 0.2) is 54.4 Å². The molecule has 6 fully saturated rings. The standard InChI is InChI=1S/C49H66O19/c1-22-29(50)10-13-36(59-22)66-33-18-39(62-25(4)43(33)53)64-31-11-14-37(60-23(31)2)67-34-19-40(63-26(5)44(34)54)65-32-12-15-38(61-24(32)3)68-49-35(52)20-47(6,57)21-48(49,58)17-16-28-42(49)46(56)27-8-7-9-30(51)41(27)45(28)55/h7-9,16-17,22-26,29,31-34,36-40,43-44,50-51,53-54,57-58H,10-15,18-21H2,1-6H3/t22-,23-,24-,25+,26+,29-,31-,32-,33+,34+,36-,37-,38-,39-,40-,43+,44+,47-,48-,49-/m0/s1. The monoisotopic (exact) mass is 958 g/mol. The molecule has 19 heteroatoms. The molecule has 0 bridgehead atoms. The number of phenolic OH excluding ortho intramolecular Hbond substituents is 1. The predicted octanol–water partition coefficient (Wildman–Crippen LogP) is 2.71. The zero-order valence-corrected chi connectivity index (χ0v) is 39.3. The third-order valence-electron chi connectivity index (χ3n) is 15.0. The summed E-state index contributed by atoms with van der Waals surface area (Å²) in [4.78, 5) is 42.6. The van der Waals surface area contributed by atoms with Crippen molar-refractivity contribution < 1.29 is 92.4 Å². The van der Waals surface area contributed by atoms with Crippen molar-refractivity contribution in [1.82, 2.24) is 0 Å². The number of ketones is 3. The van der Waals surface area contributed by atoms with E-state index in [1.54, 1.807) is 27.7 Å². The van der Waals surface area contributed by atoms with Gasteiger partial charge in [0.05, 0.1) is 77.8 Å². The third-order valence-corrected chi connectivity index (χ3v) is 15.0. The van der Waals surface area contributed by atoms with Crippen molar-refractivity contribution in [2.24, 2.45) is 0 Å². The highest BCUT2D eigenvalue weighted by molar-refractivity contribution is 6.31. The minimum atomic E-state index is -2.43. The van der Waals surface area contributed by atoms with Crippen LogP contribution in [-0.4, -0.2) is 169 Å². The summed E-state index contributed by atoms with van der Waals surface area (Å²) in [6, 6.07) is 4.05. The molecule has 5 aliphatic heterocycles. The number of phenols is 1. The van der Waals surface area contributed by atoms with E-state index < -0.39 is 145 Å². The number of aliphatic hydroxyl groups excluding tert-OH is 3. The van der Waals surface area contributed by atoms with Crippen LogP contribution in [0.1, 0.15) is 126 Å². The lowest BCUT2D eigenvalue weighted by Crippen LogP contribution is -2.71. The van der Waals surface area contributed by atoms with Crippen molar-refractivity contribution in [1.29, 1.82) is 0 Å². The summed E-state index contributed by atoms with van der Waals surface area (Å²) in [7, 11) is 0. The summed E-state index contributed by atoms with van der Waals surface area (Å²) < 4.78 is 62.5. The number of Topliss-reactive ketones (excluding diaryl/α,β-unsaturated/α-hetero) is 3. The molecule has 5 heterocycles. The molecule has 9 rings (SSSR count). The van der Waals surface area contributed by atoms with E-state index in [4.69, 9.17) is 47.4 Å². The van der Waals surface area contributed by atoms with Gasteiger partial charge in [-0.3, -0.25) is 14.4 Å². The third kappa shape index (κ3) is 9.31. The Morgan fingerprint density at radius 2 is 1.13 bits per heavy atom. The Hall–Kier alpha value is -3.09. The summed E-state index contributed by atoms with van der Waals surface area (Å²) in [6.07, 6.45) is -6.81. The van der Waals surface area contributed by atoms with Crippen molar-refractivity contribution in [3.8, 4) is 5.75 Å². The Morgan fingerprint density at radius 1 is 0.618 bits per heavy atom. The van der Waals surface area contributed by atoms with Crippen LogP contribution in [0.5, 0.6) is 5.75 Å². The lowest BCUT2D eigenvalue weighted by molar-refractivity contribution is -0.333. The molecule has 0 amide bonds. The highest BCUT2D eigenvalue weighted by atomic mass is 16.7. The molecule has 8 aliphatic rings. The van der Waals surface area contributed by atoms with Crippen LogP contribution in [0, 0.1) is 0 Å². The van der Waals surface area contributed by atoms with Crippen molar-refractivity contribution in [3.63, 3.8) is 0 Å². The van der Waals surface area contributed by atoms with Crippen molar-refractivity contribution >= 4 is 17.3 Å². The molecule has 6 N–H and O–H groups in total. The highest BCUT2D eigenvalue weighted by Gasteiger charge is 2.69. The Bertz CT molecular complexity index is 2140. The second kappa shape index (κ2) is 19.2. The number of aliphatic hydroxyl groups is 5. The van der Waals surface area contributed by atoms with Crippen LogP contribution < -0.4 is 0 Å². The van der Waals surface area contributed by atoms with Gasteiger partial charge < -0.3 is 78.0 Å². The molecule has 1 aromatic carbocycles. The van der Waals surface area contributed by atoms with E-state index in [-0.39, 0.29) is 53.7 Å². The lowest BCUT2D eigenvalue weighted by Gasteiger charge is -2.55. The normalized spacial score (nSPS) is 46.5. The van der Waals surface area contributed by atoms with E-state index in [2.05, 4.69) is 0 Å². The summed E-state index contributed by atoms with van der Waals surface area (Å²) >= 11 is 0. The number of benzene rings is 1. The molecule has 0 unspecified atom stereocenters. The maximum Gasteiger partial charge on any atom is 0.198 e. The van der Waals surface area contributed by atoms with Crippen LogP contribution in [0.2, 0.25) is 0 Å². The van der Waals surface area contributed by atoms with Crippen LogP contribution in [0.3, 0.4) is 0 Å². The average molecular weight is 959 g/mol. The first kappa shape index (κ1) is 49.9. The number of hydrogen-bond acceptors (Lipinski definition) is 19. The molecular weight excluding hydrogens is 893 g/mol. The maximum absolute atomic E-state index is 14.4. The van der Waals surface area contributed by atoms with E-state index >= 15 is 0 Å². The zero-order valence-electron chi connectivity index (χ0n) is 39.3. The summed E-state index contributed by atoms with van der Waals surface area (Å²) in [5, 5.41) is 66.1. The van der Waals surface area contributed by atoms with Gasteiger partial charge >= 0.3 is 0 Å². The Balaban J connectivity index is 0.808. The van der Waals surface area contributed by atoms with Crippen LogP contribution >= 0.6 is 0 Å². The molecular formula is C49H66O19. The van der Waals surface area contributed by atoms with Gasteiger partial charge in [-0.25, -0.2) is 0 Å². The molecule has 19 nitrogen and oxygen atoms in total. The first-order valence-corrected chi connectivity index (χ1v) is 24.1. The Labute approximate surface area is 394 Å². The SMILES string of the molecule is C[C@@H]1O[C@@H](O[C@]23C(=O)C[C@](C)(O)C[C@@]2(O)C=CC2=C3C(=O)c3cccc(O)c3C2=O)CC[C@@H]1O[C@H]1C[C@@H](O[C@H]2CC[C@H](O[C@H]3C[C@@H](O[C@H]4CC[C@H](O)[C@H](C)O4)[C@H](O)[C@@H](C)O3)[C@H](C)O2)[C@H](O)[C@@H](C)O1. The molecule has 1 saturated carbocycles. The predicted molar refractivity (Wildman–Crippen MR) is 233 cm³/mol. The number of carbonyl (C=O) groups is 3. The van der Waals surface area contributed by atoms with E-state index in [1.807, 2.05) is 6.92 Å². The van der Waals surface area contributed by atoms with Gasteiger partial charge in [-0.2, -0.15) is 0 Å². The number of hydrogen-bond donors (Lipinski definition) is 6. The van der Waals surface area contributed by atoms with Crippen molar-refractivity contribution in [2.45, 2.75) is 227 Å². The molecule has 376 valence electrons. The highest BCUT2D eigenvalue weighted by Crippen LogP contribution is 2.54. The van der Waals surface area contributed by atoms with E-state index in [9.17, 15) is 45.0 Å². The number of allylic oxidation sites excluding steroid dienone is 2. The van der Waals surface area contributed by atoms with Gasteiger partial charge in [0.25, 0.3) is 0 Å². The average Bonchev–Trinajstić information content (AvgIpc) is 3.26. The van der Waals surface area contributed by atoms with E-state index in [1.165, 1.54) is 37.3 Å². The van der Waals surface area contributed by atoms with E-state index in [0.29, 0.717) is 32.1 Å². The molecule has 0 spiro atoms. The van der Waals surface area contributed by atoms with Crippen molar-refractivity contribution in [3.05, 3.63) is 52.6 Å². The first-order valence-electron chi connectivity index (χ1n) is 24.1.